The van der Waals surface area contributed by atoms with Gasteiger partial charge in [-0.3, -0.25) is 4.79 Å². The molecular formula is C16H24O2. The van der Waals surface area contributed by atoms with E-state index in [1.807, 2.05) is 30.3 Å². The highest BCUT2D eigenvalue weighted by Crippen LogP contribution is 2.26. The van der Waals surface area contributed by atoms with Gasteiger partial charge in [0.2, 0.25) is 0 Å². The Morgan fingerprint density at radius 3 is 2.28 bits per heavy atom. The number of unbranched alkanes of at least 4 members (excludes halogenated alkanes) is 1. The summed E-state index contributed by atoms with van der Waals surface area (Å²) in [5, 5.41) is 9.29. The van der Waals surface area contributed by atoms with Gasteiger partial charge in [0.1, 0.15) is 0 Å². The van der Waals surface area contributed by atoms with Crippen LogP contribution in [0.25, 0.3) is 0 Å². The summed E-state index contributed by atoms with van der Waals surface area (Å²) in [6.45, 7) is 6.66. The second-order valence-electron chi connectivity index (χ2n) is 6.11. The van der Waals surface area contributed by atoms with Crippen molar-refractivity contribution in [1.82, 2.24) is 0 Å². The standard InChI is InChI=1S/C16H24O2/c1-16(2,3)12-8-7-11-14(15(17)18)13-9-5-4-6-10-13/h4-6,9-10,14H,7-8,11-12H2,1-3H3,(H,17,18). The maximum atomic E-state index is 11.3. The molecule has 2 heteroatoms. The Balaban J connectivity index is 2.48. The number of benzene rings is 1. The Kier molecular flexibility index (Phi) is 5.39. The van der Waals surface area contributed by atoms with E-state index < -0.39 is 5.97 Å². The van der Waals surface area contributed by atoms with E-state index >= 15 is 0 Å². The van der Waals surface area contributed by atoms with Gasteiger partial charge in [0.25, 0.3) is 0 Å². The Morgan fingerprint density at radius 2 is 1.78 bits per heavy atom. The van der Waals surface area contributed by atoms with E-state index in [1.54, 1.807) is 0 Å². The first-order valence-corrected chi connectivity index (χ1v) is 6.68. The summed E-state index contributed by atoms with van der Waals surface area (Å²) in [6.07, 6.45) is 3.95. The number of hydrogen-bond donors (Lipinski definition) is 1. The Hall–Kier alpha value is -1.31. The van der Waals surface area contributed by atoms with Crippen molar-refractivity contribution in [3.8, 4) is 0 Å². The molecule has 0 amide bonds. The lowest BCUT2D eigenvalue weighted by atomic mass is 9.87. The number of carboxylic acids is 1. The van der Waals surface area contributed by atoms with Crippen molar-refractivity contribution >= 4 is 5.97 Å². The first-order chi connectivity index (χ1) is 8.40. The molecule has 1 aromatic rings. The van der Waals surface area contributed by atoms with Gasteiger partial charge in [-0.15, -0.1) is 0 Å². The van der Waals surface area contributed by atoms with Crippen molar-refractivity contribution in [1.29, 1.82) is 0 Å². The van der Waals surface area contributed by atoms with Crippen molar-refractivity contribution in [2.75, 3.05) is 0 Å². The third kappa shape index (κ3) is 5.35. The van der Waals surface area contributed by atoms with Crippen molar-refractivity contribution in [3.05, 3.63) is 35.9 Å². The van der Waals surface area contributed by atoms with Gasteiger partial charge in [-0.25, -0.2) is 0 Å². The molecule has 1 N–H and O–H groups in total. The number of carboxylic acid groups (broad SMARTS) is 1. The SMILES string of the molecule is CC(C)(C)CCCCC(C(=O)O)c1ccccc1. The summed E-state index contributed by atoms with van der Waals surface area (Å²) in [7, 11) is 0. The van der Waals surface area contributed by atoms with Gasteiger partial charge in [-0.05, 0) is 23.8 Å². The van der Waals surface area contributed by atoms with Crippen molar-refractivity contribution in [2.24, 2.45) is 5.41 Å². The maximum Gasteiger partial charge on any atom is 0.310 e. The molecule has 0 saturated carbocycles. The summed E-state index contributed by atoms with van der Waals surface area (Å²) in [4.78, 5) is 11.3. The van der Waals surface area contributed by atoms with Gasteiger partial charge in [0.15, 0.2) is 0 Å². The van der Waals surface area contributed by atoms with Crippen molar-refractivity contribution in [3.63, 3.8) is 0 Å². The minimum Gasteiger partial charge on any atom is -0.481 e. The van der Waals surface area contributed by atoms with E-state index in [9.17, 15) is 9.90 Å². The normalized spacial score (nSPS) is 13.3. The van der Waals surface area contributed by atoms with Gasteiger partial charge < -0.3 is 5.11 Å². The van der Waals surface area contributed by atoms with Gasteiger partial charge >= 0.3 is 5.97 Å². The third-order valence-corrected chi connectivity index (χ3v) is 3.17. The van der Waals surface area contributed by atoms with Crippen LogP contribution in [0.3, 0.4) is 0 Å². The predicted molar refractivity (Wildman–Crippen MR) is 74.7 cm³/mol. The fraction of sp³-hybridized carbons (Fsp3) is 0.562. The van der Waals surface area contributed by atoms with Crippen LogP contribution in [0.2, 0.25) is 0 Å². The molecule has 0 saturated heterocycles. The summed E-state index contributed by atoms with van der Waals surface area (Å²) < 4.78 is 0. The summed E-state index contributed by atoms with van der Waals surface area (Å²) >= 11 is 0. The summed E-state index contributed by atoms with van der Waals surface area (Å²) in [6, 6.07) is 9.54. The fourth-order valence-corrected chi connectivity index (χ4v) is 2.12. The van der Waals surface area contributed by atoms with Gasteiger partial charge in [0.05, 0.1) is 5.92 Å². The van der Waals surface area contributed by atoms with Crippen LogP contribution < -0.4 is 0 Å². The Morgan fingerprint density at radius 1 is 1.17 bits per heavy atom. The van der Waals surface area contributed by atoms with Crippen molar-refractivity contribution in [2.45, 2.75) is 52.4 Å². The van der Waals surface area contributed by atoms with E-state index in [2.05, 4.69) is 20.8 Å². The van der Waals surface area contributed by atoms with Crippen LogP contribution >= 0.6 is 0 Å². The average molecular weight is 248 g/mol. The number of hydrogen-bond acceptors (Lipinski definition) is 1. The smallest absolute Gasteiger partial charge is 0.310 e. The van der Waals surface area contributed by atoms with Crippen LogP contribution in [0.15, 0.2) is 30.3 Å². The monoisotopic (exact) mass is 248 g/mol. The highest BCUT2D eigenvalue weighted by atomic mass is 16.4. The highest BCUT2D eigenvalue weighted by Gasteiger charge is 2.19. The fourth-order valence-electron chi connectivity index (χ4n) is 2.12. The molecule has 0 aromatic heterocycles. The van der Waals surface area contributed by atoms with Crippen LogP contribution in [0, 0.1) is 5.41 Å². The van der Waals surface area contributed by atoms with Gasteiger partial charge in [0, 0.05) is 0 Å². The quantitative estimate of drug-likeness (QED) is 0.754. The summed E-state index contributed by atoms with van der Waals surface area (Å²) in [5.41, 5.74) is 1.26. The molecule has 18 heavy (non-hydrogen) atoms. The molecule has 0 aliphatic rings. The first kappa shape index (κ1) is 14.7. The third-order valence-electron chi connectivity index (χ3n) is 3.17. The second kappa shape index (κ2) is 6.58. The second-order valence-corrected chi connectivity index (χ2v) is 6.11. The lowest BCUT2D eigenvalue weighted by molar-refractivity contribution is -0.139. The van der Waals surface area contributed by atoms with Crippen LogP contribution in [0.4, 0.5) is 0 Å². The Labute approximate surface area is 110 Å². The first-order valence-electron chi connectivity index (χ1n) is 6.68. The van der Waals surface area contributed by atoms with Crippen LogP contribution in [0.5, 0.6) is 0 Å². The van der Waals surface area contributed by atoms with Crippen LogP contribution in [-0.4, -0.2) is 11.1 Å². The van der Waals surface area contributed by atoms with E-state index in [4.69, 9.17) is 0 Å². The van der Waals surface area contributed by atoms with Crippen LogP contribution in [0.1, 0.15) is 57.9 Å². The van der Waals surface area contributed by atoms with E-state index in [0.717, 1.165) is 31.2 Å². The molecule has 2 nitrogen and oxygen atoms in total. The molecule has 0 spiro atoms. The molecule has 0 bridgehead atoms. The largest absolute Gasteiger partial charge is 0.481 e. The molecule has 0 aliphatic carbocycles. The topological polar surface area (TPSA) is 37.3 Å². The van der Waals surface area contributed by atoms with E-state index in [1.165, 1.54) is 0 Å². The maximum absolute atomic E-state index is 11.3. The summed E-state index contributed by atoms with van der Waals surface area (Å²) in [5.74, 6) is -1.07. The molecule has 1 unspecified atom stereocenters. The molecular weight excluding hydrogens is 224 g/mol. The number of aliphatic carboxylic acids is 1. The average Bonchev–Trinajstić information content (AvgIpc) is 2.28. The predicted octanol–water partition coefficient (Wildman–Crippen LogP) is 4.46. The van der Waals surface area contributed by atoms with Crippen molar-refractivity contribution < 1.29 is 9.90 Å². The minimum absolute atomic E-state index is 0.339. The molecule has 0 radical (unpaired) electrons. The highest BCUT2D eigenvalue weighted by molar-refractivity contribution is 5.75. The van der Waals surface area contributed by atoms with Crippen LogP contribution in [-0.2, 0) is 4.79 Å². The molecule has 1 aromatic carbocycles. The lowest BCUT2D eigenvalue weighted by Crippen LogP contribution is -2.12. The van der Waals surface area contributed by atoms with E-state index in [0.29, 0.717) is 5.41 Å². The van der Waals surface area contributed by atoms with E-state index in [-0.39, 0.29) is 5.92 Å². The molecule has 0 fully saturated rings. The number of carbonyl (C=O) groups is 1. The Bertz CT molecular complexity index is 362. The zero-order valence-electron chi connectivity index (χ0n) is 11.6. The number of rotatable bonds is 6. The zero-order valence-corrected chi connectivity index (χ0v) is 11.6. The van der Waals surface area contributed by atoms with Gasteiger partial charge in [-0.2, -0.15) is 0 Å². The molecule has 0 heterocycles. The minimum atomic E-state index is -0.711. The van der Waals surface area contributed by atoms with Gasteiger partial charge in [-0.1, -0.05) is 63.9 Å². The lowest BCUT2D eigenvalue weighted by Gasteiger charge is -2.18. The molecule has 1 rings (SSSR count). The molecule has 0 aliphatic heterocycles. The molecule has 1 atom stereocenters. The zero-order chi connectivity index (χ0) is 13.6. The molecule has 100 valence electrons.